The van der Waals surface area contributed by atoms with Crippen molar-refractivity contribution < 1.29 is 71.5 Å². The number of non-ortho nitro benzene ring substituents is 2. The minimum absolute atomic E-state index is 0. The predicted octanol–water partition coefficient (Wildman–Crippen LogP) is 15.8. The molecule has 0 amide bonds. The number of carbonyl (C=O) groups is 5. The van der Waals surface area contributed by atoms with Gasteiger partial charge in [-0.3, -0.25) is 34.6 Å². The van der Waals surface area contributed by atoms with E-state index in [9.17, 15) is 39.4 Å². The second-order valence-corrected chi connectivity index (χ2v) is 33.2. The summed E-state index contributed by atoms with van der Waals surface area (Å²) in [4.78, 5) is 91.0. The fraction of sp³-hybridized carbons (Fsp3) is 0.343. The van der Waals surface area contributed by atoms with Gasteiger partial charge in [0.15, 0.2) is 22.3 Å². The van der Waals surface area contributed by atoms with Crippen LogP contribution >= 0.6 is 0 Å². The molecule has 7 rings (SSSR count). The van der Waals surface area contributed by atoms with Crippen molar-refractivity contribution in [3.8, 4) is 34.3 Å². The van der Waals surface area contributed by atoms with Crippen LogP contribution in [0.1, 0.15) is 118 Å². The van der Waals surface area contributed by atoms with E-state index in [-0.39, 0.29) is 65.2 Å². The highest BCUT2D eigenvalue weighted by Gasteiger charge is 2.40. The van der Waals surface area contributed by atoms with Crippen molar-refractivity contribution in [1.82, 2.24) is 16.1 Å². The number of nitro groups is 2. The summed E-state index contributed by atoms with van der Waals surface area (Å²) in [5.74, 6) is -2.35. The van der Waals surface area contributed by atoms with Crippen LogP contribution in [0.25, 0.3) is 11.3 Å². The van der Waals surface area contributed by atoms with Gasteiger partial charge in [0.05, 0.1) is 30.0 Å². The number of benzene rings is 6. The number of esters is 3. The molecule has 0 aliphatic rings. The van der Waals surface area contributed by atoms with E-state index in [1.807, 2.05) is 72.8 Å². The summed E-state index contributed by atoms with van der Waals surface area (Å²) in [6.07, 6.45) is -1.14. The molecular weight excluding hydrogens is 1200 g/mol. The third-order valence-corrected chi connectivity index (χ3v) is 24.3. The van der Waals surface area contributed by atoms with E-state index < -0.39 is 68.2 Å². The van der Waals surface area contributed by atoms with Gasteiger partial charge in [0.2, 0.25) is 5.78 Å². The van der Waals surface area contributed by atoms with Crippen molar-refractivity contribution in [3.05, 3.63) is 206 Å². The molecule has 0 saturated carbocycles. The topological polar surface area (TPSA) is 320 Å². The molecule has 7 aromatic rings. The molecule has 6 aromatic carbocycles. The number of rotatable bonds is 24. The molecule has 0 aliphatic heterocycles. The Morgan fingerprint density at radius 1 is 0.582 bits per heavy atom. The second kappa shape index (κ2) is 34.1. The van der Waals surface area contributed by atoms with Gasteiger partial charge in [0, 0.05) is 61.4 Å². The van der Waals surface area contributed by atoms with Crippen molar-refractivity contribution >= 4 is 57.7 Å². The number of aliphatic carboxylic acids is 1. The largest absolute Gasteiger partial charge is 0.481 e. The van der Waals surface area contributed by atoms with Crippen LogP contribution in [0, 0.1) is 20.2 Å². The van der Waals surface area contributed by atoms with Crippen LogP contribution in [0.2, 0.25) is 36.3 Å². The zero-order valence-corrected chi connectivity index (χ0v) is 55.1. The van der Waals surface area contributed by atoms with E-state index in [0.29, 0.717) is 58.7 Å². The van der Waals surface area contributed by atoms with Gasteiger partial charge < -0.3 is 48.8 Å². The van der Waals surface area contributed by atoms with Crippen molar-refractivity contribution in [2.45, 2.75) is 123 Å². The number of ether oxygens (including phenoxy) is 5. The molecule has 3 unspecified atom stereocenters. The van der Waals surface area contributed by atoms with Crippen molar-refractivity contribution in [3.63, 3.8) is 0 Å². The van der Waals surface area contributed by atoms with Gasteiger partial charge in [-0.05, 0) is 133 Å². The average Bonchev–Trinajstić information content (AvgIpc) is 1.71. The molecule has 5 N–H and O–H groups in total. The highest BCUT2D eigenvalue weighted by atomic mass is 28.4. The van der Waals surface area contributed by atoms with Crippen LogP contribution in [0.3, 0.4) is 0 Å². The Hall–Kier alpha value is -9.21. The predicted molar refractivity (Wildman–Crippen MR) is 352 cm³/mol. The number of methoxy groups -OCH3 is 2. The lowest BCUT2D eigenvalue weighted by Gasteiger charge is -2.36. The number of aromatic nitrogens is 2. The van der Waals surface area contributed by atoms with Crippen LogP contribution in [0.5, 0.6) is 23.0 Å². The molecule has 488 valence electrons. The first-order valence-corrected chi connectivity index (χ1v) is 34.3. The third kappa shape index (κ3) is 22.1. The van der Waals surface area contributed by atoms with E-state index in [1.54, 1.807) is 36.4 Å². The molecule has 0 radical (unpaired) electrons. The standard InChI is InChI=1S/C32H37N3O6Si.C32H37NO9Si.C2H4O2.CH4.H3N/c1-32(2,3)42(5,6)40-21-20-27(22-12-16-24(17-13-22)35(37)38)30-33-28(29(34-30)31(36)39-4)23-14-18-26(19-15-23)41-25-10-8-7-9-11-25;1-32(2,3)43(5,6)40-21-20-27(22-12-16-24(17-13-22)33(37)38)30(35)42-29(31(36)39-4)28(34)23-14-18-26(19-15-23)41-25-10-8-7-9-11-25;1-2(3)4;;/h7-19,27H,20-21H2,1-6H3,(H,33,34);7-19,27,29H,20-21H2,1-6H3;1H3,(H,3,4);1H4;1H3. The molecular formula is C67H85N5O17Si2. The maximum absolute atomic E-state index is 13.6. The summed E-state index contributed by atoms with van der Waals surface area (Å²) in [5.41, 5.74) is 2.59. The number of hydrogen-bond acceptors (Lipinski definition) is 18. The van der Waals surface area contributed by atoms with Gasteiger partial charge in [-0.15, -0.1) is 0 Å². The number of Topliss-reactive ketones (excluding diaryl/α,β-unsaturated/α-hetero) is 1. The first-order chi connectivity index (χ1) is 41.9. The number of para-hydroxylation sites is 2. The highest BCUT2D eigenvalue weighted by molar-refractivity contribution is 6.74. The van der Waals surface area contributed by atoms with Crippen LogP contribution in [0.15, 0.2) is 158 Å². The molecule has 91 heavy (non-hydrogen) atoms. The van der Waals surface area contributed by atoms with Gasteiger partial charge in [0.25, 0.3) is 23.4 Å². The van der Waals surface area contributed by atoms with Crippen molar-refractivity contribution in [1.29, 1.82) is 0 Å². The molecule has 1 aromatic heterocycles. The Morgan fingerprint density at radius 2 is 0.989 bits per heavy atom. The number of nitro benzene ring substituents is 2. The Kier molecular flexibility index (Phi) is 28.5. The Labute approximate surface area is 533 Å². The Bertz CT molecular complexity index is 3490. The number of carbonyl (C=O) groups excluding carboxylic acids is 4. The van der Waals surface area contributed by atoms with Crippen molar-refractivity contribution in [2.75, 3.05) is 27.4 Å². The Balaban J connectivity index is 0.000000440. The quantitative estimate of drug-likeness (QED) is 0.00962. The first-order valence-electron chi connectivity index (χ1n) is 28.5. The fourth-order valence-corrected chi connectivity index (χ4v) is 10.3. The summed E-state index contributed by atoms with van der Waals surface area (Å²) < 4.78 is 39.8. The normalized spacial score (nSPS) is 12.2. The van der Waals surface area contributed by atoms with Gasteiger partial charge in [-0.1, -0.05) is 110 Å². The van der Waals surface area contributed by atoms with Crippen LogP contribution < -0.4 is 15.6 Å². The van der Waals surface area contributed by atoms with E-state index in [4.69, 9.17) is 47.4 Å². The molecule has 3 atom stereocenters. The van der Waals surface area contributed by atoms with Gasteiger partial charge in [-0.25, -0.2) is 14.6 Å². The van der Waals surface area contributed by atoms with E-state index in [2.05, 4.69) is 72.7 Å². The number of H-pyrrole nitrogens is 1. The zero-order valence-electron chi connectivity index (χ0n) is 53.1. The van der Waals surface area contributed by atoms with E-state index in [1.165, 1.54) is 55.6 Å². The molecule has 0 spiro atoms. The van der Waals surface area contributed by atoms with Crippen LogP contribution in [-0.2, 0) is 37.4 Å². The number of nitrogens with one attached hydrogen (secondary N) is 1. The van der Waals surface area contributed by atoms with E-state index >= 15 is 0 Å². The third-order valence-electron chi connectivity index (χ3n) is 15.2. The molecule has 0 aliphatic carbocycles. The lowest BCUT2D eigenvalue weighted by molar-refractivity contribution is -0.385. The zero-order chi connectivity index (χ0) is 65.9. The summed E-state index contributed by atoms with van der Waals surface area (Å²) in [6, 6.07) is 43.8. The maximum Gasteiger partial charge on any atom is 0.356 e. The minimum Gasteiger partial charge on any atom is -0.481 e. The summed E-state index contributed by atoms with van der Waals surface area (Å²) in [6.45, 7) is 23.1. The van der Waals surface area contributed by atoms with Crippen LogP contribution in [0.4, 0.5) is 11.4 Å². The summed E-state index contributed by atoms with van der Waals surface area (Å²) in [7, 11) is -1.76. The fourth-order valence-electron chi connectivity index (χ4n) is 8.13. The molecule has 22 nitrogen and oxygen atoms in total. The number of carboxylic acid groups (broad SMARTS) is 1. The molecule has 0 fully saturated rings. The number of nitrogens with zero attached hydrogens (tertiary/aromatic N) is 3. The average molecular weight is 1290 g/mol. The number of hydrogen-bond donors (Lipinski definition) is 3. The minimum atomic E-state index is -2.16. The molecule has 24 heteroatoms. The molecule has 0 bridgehead atoms. The lowest BCUT2D eigenvalue weighted by Crippen LogP contribution is -2.41. The Morgan fingerprint density at radius 3 is 1.40 bits per heavy atom. The SMILES string of the molecule is C.CC(=O)O.COC(=O)C(OC(=O)C(CCO[Si](C)(C)C(C)(C)C)c1ccc([N+](=O)[O-])cc1)C(=O)c1ccc(Oc2ccccc2)cc1.COC(=O)c1[nH]c(C(CCO[Si](C)(C)C(C)(C)C)c2ccc([N+](=O)[O-])cc2)nc1-c1ccc(Oc2ccccc2)cc1.N. The van der Waals surface area contributed by atoms with Gasteiger partial charge >= 0.3 is 17.9 Å². The second-order valence-electron chi connectivity index (χ2n) is 23.5. The maximum atomic E-state index is 13.6. The van der Waals surface area contributed by atoms with E-state index in [0.717, 1.165) is 19.6 Å². The van der Waals surface area contributed by atoms with Crippen molar-refractivity contribution in [2.24, 2.45) is 0 Å². The lowest BCUT2D eigenvalue weighted by atomic mass is 9.95. The molecule has 0 saturated heterocycles. The smallest absolute Gasteiger partial charge is 0.356 e. The number of aromatic amines is 1. The summed E-state index contributed by atoms with van der Waals surface area (Å²) >= 11 is 0. The highest BCUT2D eigenvalue weighted by Crippen LogP contribution is 2.40. The monoisotopic (exact) mass is 1290 g/mol. The van der Waals surface area contributed by atoms with Crippen LogP contribution in [-0.4, -0.2) is 105 Å². The number of ketones is 1. The number of carboxylic acids is 1. The number of imidazole rings is 1. The van der Waals surface area contributed by atoms with Gasteiger partial charge in [-0.2, -0.15) is 0 Å². The van der Waals surface area contributed by atoms with Gasteiger partial charge in [0.1, 0.15) is 34.5 Å². The summed E-state index contributed by atoms with van der Waals surface area (Å²) in [5, 5.41) is 29.8. The first kappa shape index (κ1) is 76.0. The molecule has 1 heterocycles.